The van der Waals surface area contributed by atoms with Gasteiger partial charge in [0.2, 0.25) is 10.0 Å². The first-order valence-corrected chi connectivity index (χ1v) is 10.1. The van der Waals surface area contributed by atoms with Crippen LogP contribution in [0.1, 0.15) is 25.1 Å². The number of hydrogen-bond donors (Lipinski definition) is 2. The number of thioether (sulfide) groups is 1. The Morgan fingerprint density at radius 2 is 2.16 bits per heavy atom. The summed E-state index contributed by atoms with van der Waals surface area (Å²) in [4.78, 5) is 1.42. The van der Waals surface area contributed by atoms with Crippen molar-refractivity contribution in [2.75, 3.05) is 18.6 Å². The largest absolute Gasteiger partial charge is 0.312 e. The maximum atomic E-state index is 12.2. The standard InChI is InChI=1S/C12H22N2O2S3/c1-4-10(8-17-3)14-19(15,16)12-6-11(18-9-12)7-13-5-2/h6,9-10,13-14H,4-5,7-8H2,1-3H3. The van der Waals surface area contributed by atoms with Crippen molar-refractivity contribution in [1.82, 2.24) is 10.0 Å². The quantitative estimate of drug-likeness (QED) is 0.732. The third kappa shape index (κ3) is 5.43. The van der Waals surface area contributed by atoms with E-state index in [4.69, 9.17) is 0 Å². The van der Waals surface area contributed by atoms with Gasteiger partial charge in [-0.05, 0) is 25.3 Å². The van der Waals surface area contributed by atoms with Crippen LogP contribution in [0.5, 0.6) is 0 Å². The molecular weight excluding hydrogens is 300 g/mol. The van der Waals surface area contributed by atoms with Crippen LogP contribution in [-0.4, -0.2) is 33.0 Å². The summed E-state index contributed by atoms with van der Waals surface area (Å²) < 4.78 is 27.2. The molecule has 1 aromatic heterocycles. The highest BCUT2D eigenvalue weighted by atomic mass is 32.2. The average Bonchev–Trinajstić information content (AvgIpc) is 2.85. The van der Waals surface area contributed by atoms with Gasteiger partial charge < -0.3 is 5.32 Å². The molecule has 1 aromatic rings. The fraction of sp³-hybridized carbons (Fsp3) is 0.667. The molecule has 0 saturated heterocycles. The Labute approximate surface area is 124 Å². The smallest absolute Gasteiger partial charge is 0.241 e. The molecule has 2 N–H and O–H groups in total. The molecule has 1 heterocycles. The van der Waals surface area contributed by atoms with E-state index in [2.05, 4.69) is 10.0 Å². The lowest BCUT2D eigenvalue weighted by atomic mass is 10.3. The second kappa shape index (κ2) is 8.26. The predicted molar refractivity (Wildman–Crippen MR) is 84.5 cm³/mol. The summed E-state index contributed by atoms with van der Waals surface area (Å²) in [6, 6.07) is 1.75. The summed E-state index contributed by atoms with van der Waals surface area (Å²) in [5, 5.41) is 4.90. The molecule has 0 aromatic carbocycles. The summed E-state index contributed by atoms with van der Waals surface area (Å²) in [6.45, 7) is 5.62. The Hall–Kier alpha value is -0.0800. The van der Waals surface area contributed by atoms with Crippen molar-refractivity contribution in [1.29, 1.82) is 0 Å². The first-order valence-electron chi connectivity index (χ1n) is 6.32. The van der Waals surface area contributed by atoms with E-state index in [1.54, 1.807) is 23.2 Å². The van der Waals surface area contributed by atoms with E-state index >= 15 is 0 Å². The summed E-state index contributed by atoms with van der Waals surface area (Å²) >= 11 is 3.13. The van der Waals surface area contributed by atoms with Crippen LogP contribution in [0.15, 0.2) is 16.3 Å². The first kappa shape index (κ1) is 17.0. The highest BCUT2D eigenvalue weighted by Gasteiger charge is 2.20. The van der Waals surface area contributed by atoms with Crippen molar-refractivity contribution in [3.8, 4) is 0 Å². The molecule has 1 atom stereocenters. The highest BCUT2D eigenvalue weighted by molar-refractivity contribution is 7.98. The molecular formula is C12H22N2O2S3. The molecule has 1 rings (SSSR count). The van der Waals surface area contributed by atoms with E-state index in [1.165, 1.54) is 11.3 Å². The fourth-order valence-corrected chi connectivity index (χ4v) is 4.96. The number of sulfonamides is 1. The van der Waals surface area contributed by atoms with Crippen molar-refractivity contribution < 1.29 is 8.42 Å². The Kier molecular flexibility index (Phi) is 7.38. The van der Waals surface area contributed by atoms with Crippen LogP contribution < -0.4 is 10.0 Å². The third-order valence-corrected chi connectivity index (χ3v) is 5.99. The summed E-state index contributed by atoms with van der Waals surface area (Å²) in [5.74, 6) is 0.796. The van der Waals surface area contributed by atoms with Crippen molar-refractivity contribution in [2.24, 2.45) is 0 Å². The van der Waals surface area contributed by atoms with Crippen molar-refractivity contribution in [3.05, 3.63) is 16.3 Å². The highest BCUT2D eigenvalue weighted by Crippen LogP contribution is 2.20. The topological polar surface area (TPSA) is 58.2 Å². The van der Waals surface area contributed by atoms with Gasteiger partial charge in [-0.25, -0.2) is 13.1 Å². The molecule has 0 aliphatic rings. The summed E-state index contributed by atoms with van der Waals surface area (Å²) in [7, 11) is -3.38. The minimum Gasteiger partial charge on any atom is -0.312 e. The Morgan fingerprint density at radius 1 is 1.42 bits per heavy atom. The lowest BCUT2D eigenvalue weighted by Gasteiger charge is -2.15. The zero-order valence-corrected chi connectivity index (χ0v) is 14.1. The monoisotopic (exact) mass is 322 g/mol. The van der Waals surface area contributed by atoms with Crippen molar-refractivity contribution in [2.45, 2.75) is 37.8 Å². The molecule has 0 radical (unpaired) electrons. The van der Waals surface area contributed by atoms with E-state index in [-0.39, 0.29) is 6.04 Å². The van der Waals surface area contributed by atoms with Crippen LogP contribution in [0.25, 0.3) is 0 Å². The summed E-state index contributed by atoms with van der Waals surface area (Å²) in [5.41, 5.74) is 0. The van der Waals surface area contributed by atoms with E-state index in [0.29, 0.717) is 4.90 Å². The Bertz CT molecular complexity index is 471. The van der Waals surface area contributed by atoms with Gasteiger partial charge in [-0.15, -0.1) is 11.3 Å². The zero-order valence-electron chi connectivity index (χ0n) is 11.6. The van der Waals surface area contributed by atoms with Crippen LogP contribution in [0.4, 0.5) is 0 Å². The van der Waals surface area contributed by atoms with Gasteiger partial charge in [0.15, 0.2) is 0 Å². The lowest BCUT2D eigenvalue weighted by molar-refractivity contribution is 0.558. The van der Waals surface area contributed by atoms with Crippen LogP contribution in [0.3, 0.4) is 0 Å². The van der Waals surface area contributed by atoms with Gasteiger partial charge in [-0.3, -0.25) is 0 Å². The maximum Gasteiger partial charge on any atom is 0.241 e. The predicted octanol–water partition coefficient (Wildman–Crippen LogP) is 2.28. The van der Waals surface area contributed by atoms with Crippen LogP contribution in [0.2, 0.25) is 0 Å². The van der Waals surface area contributed by atoms with Gasteiger partial charge in [0.25, 0.3) is 0 Å². The first-order chi connectivity index (χ1) is 9.03. The minimum absolute atomic E-state index is 0.00267. The van der Waals surface area contributed by atoms with Gasteiger partial charge in [0.05, 0.1) is 4.90 Å². The van der Waals surface area contributed by atoms with E-state index in [1.807, 2.05) is 20.1 Å². The van der Waals surface area contributed by atoms with Crippen LogP contribution >= 0.6 is 23.1 Å². The molecule has 0 aliphatic carbocycles. The number of hydrogen-bond acceptors (Lipinski definition) is 5. The molecule has 0 amide bonds. The molecule has 0 bridgehead atoms. The van der Waals surface area contributed by atoms with Gasteiger partial charge >= 0.3 is 0 Å². The molecule has 19 heavy (non-hydrogen) atoms. The SMILES string of the molecule is CCNCc1cc(S(=O)(=O)NC(CC)CSC)cs1. The molecule has 0 fully saturated rings. The van der Waals surface area contributed by atoms with Crippen LogP contribution in [0, 0.1) is 0 Å². The fourth-order valence-electron chi connectivity index (χ4n) is 1.57. The number of rotatable bonds is 9. The van der Waals surface area contributed by atoms with Crippen molar-refractivity contribution in [3.63, 3.8) is 0 Å². The maximum absolute atomic E-state index is 12.2. The summed E-state index contributed by atoms with van der Waals surface area (Å²) in [6.07, 6.45) is 2.78. The molecule has 1 unspecified atom stereocenters. The van der Waals surface area contributed by atoms with Crippen LogP contribution in [-0.2, 0) is 16.6 Å². The van der Waals surface area contributed by atoms with E-state index in [0.717, 1.165) is 30.1 Å². The second-order valence-electron chi connectivity index (χ2n) is 4.21. The molecule has 4 nitrogen and oxygen atoms in total. The minimum atomic E-state index is -3.38. The molecule has 0 saturated carbocycles. The van der Waals surface area contributed by atoms with E-state index < -0.39 is 10.0 Å². The second-order valence-corrected chi connectivity index (χ2v) is 7.83. The molecule has 110 valence electrons. The number of thiophene rings is 1. The molecule has 7 heteroatoms. The third-order valence-electron chi connectivity index (χ3n) is 2.67. The van der Waals surface area contributed by atoms with Crippen molar-refractivity contribution >= 4 is 33.1 Å². The van der Waals surface area contributed by atoms with E-state index in [9.17, 15) is 8.42 Å². The van der Waals surface area contributed by atoms with Gasteiger partial charge in [0, 0.05) is 28.6 Å². The zero-order chi connectivity index (χ0) is 14.3. The van der Waals surface area contributed by atoms with Gasteiger partial charge in [-0.1, -0.05) is 13.8 Å². The average molecular weight is 323 g/mol. The Balaban J connectivity index is 2.73. The molecule has 0 aliphatic heterocycles. The van der Waals surface area contributed by atoms with Gasteiger partial charge in [0.1, 0.15) is 0 Å². The van der Waals surface area contributed by atoms with Gasteiger partial charge in [-0.2, -0.15) is 11.8 Å². The molecule has 0 spiro atoms. The number of nitrogens with one attached hydrogen (secondary N) is 2. The normalized spacial score (nSPS) is 13.6. The Morgan fingerprint density at radius 3 is 2.74 bits per heavy atom. The lowest BCUT2D eigenvalue weighted by Crippen LogP contribution is -2.35.